The smallest absolute Gasteiger partial charge is 0.466 e. The number of rotatable bonds is 12. The van der Waals surface area contributed by atoms with Crippen LogP contribution in [0.4, 0.5) is 9.59 Å². The van der Waals surface area contributed by atoms with Crippen molar-refractivity contribution in [1.82, 2.24) is 14.5 Å². The number of carbonyl (C=O) groups is 4. The van der Waals surface area contributed by atoms with E-state index in [1.807, 2.05) is 70.1 Å². The first-order valence-corrected chi connectivity index (χ1v) is 25.6. The van der Waals surface area contributed by atoms with Crippen LogP contribution in [-0.4, -0.2) is 161 Å². The molecule has 0 radical (unpaired) electrons. The maximum atomic E-state index is 15.0. The van der Waals surface area contributed by atoms with Crippen molar-refractivity contribution >= 4 is 41.6 Å². The fourth-order valence-electron chi connectivity index (χ4n) is 11.3. The lowest BCUT2D eigenvalue weighted by molar-refractivity contribution is -0.319. The number of aliphatic hydroxyl groups is 1. The number of esters is 2. The van der Waals surface area contributed by atoms with E-state index in [0.29, 0.717) is 6.42 Å². The van der Waals surface area contributed by atoms with Crippen LogP contribution in [0.15, 0.2) is 49.1 Å². The maximum Gasteiger partial charge on any atom is 0.509 e. The molecule has 0 aliphatic carbocycles. The molecule has 4 aliphatic heterocycles. The summed E-state index contributed by atoms with van der Waals surface area (Å²) in [6, 6.07) is 8.82. The number of cyclic esters (lactones) is 1. The highest BCUT2D eigenvalue weighted by atomic mass is 32.1. The number of thiocarbonyl (C=S) groups is 1. The molecule has 0 bridgehead atoms. The first kappa shape index (κ1) is 57.8. The van der Waals surface area contributed by atoms with Gasteiger partial charge in [0.1, 0.15) is 30.7 Å². The molecule has 0 saturated carbocycles. The Kier molecular flexibility index (Phi) is 19.0. The van der Waals surface area contributed by atoms with Crippen molar-refractivity contribution in [2.75, 3.05) is 21.2 Å². The molecule has 0 spiro atoms. The molecule has 4 saturated heterocycles. The fourth-order valence-corrected chi connectivity index (χ4v) is 11.5. The van der Waals surface area contributed by atoms with Crippen molar-refractivity contribution in [3.05, 3.63) is 54.6 Å². The lowest BCUT2D eigenvalue weighted by atomic mass is 9.73. The summed E-state index contributed by atoms with van der Waals surface area (Å²) in [5, 5.41) is 13.3. The van der Waals surface area contributed by atoms with Gasteiger partial charge in [-0.25, -0.2) is 14.6 Å². The monoisotopic (exact) mass is 1050 g/mol. The van der Waals surface area contributed by atoms with E-state index in [2.05, 4.69) is 4.98 Å². The van der Waals surface area contributed by atoms with Gasteiger partial charge in [-0.2, -0.15) is 0 Å². The number of likely N-dealkylation sites (N-methyl/N-ethyl adjacent to an activating group) is 1. The van der Waals surface area contributed by atoms with Crippen LogP contribution in [-0.2, 0) is 73.0 Å². The SMILES string of the molecule is CC[C@H]1OC(=O)[C@H](C)[C@@H](O[C@H]2C[C@](C)(OC)[C@H](OC(=O)OCc3ccccc3)[C@@H](C)O2)[C@H](C)[C@@H](O[C@@H]2O[C@H](C)C[C@H](N(C)C)[C@H]2OC(C)=O)[C@@](C)(O)C[C@@H](C)[C@H](OC(=S)n2ccnc2)[C@H](C)[C@H]2OC(=O)O[C@@]21C. The molecular formula is C52H77N3O17S. The van der Waals surface area contributed by atoms with Crippen LogP contribution in [0, 0.1) is 23.7 Å². The highest BCUT2D eigenvalue weighted by Gasteiger charge is 2.60. The minimum atomic E-state index is -1.84. The van der Waals surface area contributed by atoms with Crippen LogP contribution >= 0.6 is 12.2 Å². The van der Waals surface area contributed by atoms with E-state index in [9.17, 15) is 24.3 Å². The number of fused-ring (bicyclic) bond motifs is 1. The average molecular weight is 1050 g/mol. The predicted molar refractivity (Wildman–Crippen MR) is 265 cm³/mol. The highest BCUT2D eigenvalue weighted by molar-refractivity contribution is 7.80. The number of hydrogen-bond donors (Lipinski definition) is 1. The number of imidazole rings is 1. The normalized spacial score (nSPS) is 39.5. The predicted octanol–water partition coefficient (Wildman–Crippen LogP) is 6.75. The van der Waals surface area contributed by atoms with Gasteiger partial charge in [0.05, 0.1) is 42.0 Å². The fraction of sp³-hybridized carbons (Fsp3) is 0.731. The lowest BCUT2D eigenvalue weighted by Crippen LogP contribution is -2.62. The molecule has 0 unspecified atom stereocenters. The van der Waals surface area contributed by atoms with E-state index in [-0.39, 0.29) is 43.2 Å². The van der Waals surface area contributed by atoms with Crippen LogP contribution in [0.3, 0.4) is 0 Å². The number of benzene rings is 1. The molecule has 6 rings (SSSR count). The van der Waals surface area contributed by atoms with Crippen LogP contribution in [0.2, 0.25) is 0 Å². The van der Waals surface area contributed by atoms with Crippen molar-refractivity contribution in [3.63, 3.8) is 0 Å². The third kappa shape index (κ3) is 13.3. The summed E-state index contributed by atoms with van der Waals surface area (Å²) in [6.07, 6.45) is -7.45. The van der Waals surface area contributed by atoms with Crippen LogP contribution in [0.25, 0.3) is 0 Å². The number of methoxy groups -OCH3 is 1. The van der Waals surface area contributed by atoms with Crippen molar-refractivity contribution in [2.24, 2.45) is 23.7 Å². The second-order valence-electron chi connectivity index (χ2n) is 21.1. The van der Waals surface area contributed by atoms with Gasteiger partial charge in [0.2, 0.25) is 0 Å². The van der Waals surface area contributed by atoms with Gasteiger partial charge in [0, 0.05) is 44.7 Å². The zero-order valence-corrected chi connectivity index (χ0v) is 45.4. The van der Waals surface area contributed by atoms with Crippen molar-refractivity contribution < 1.29 is 81.1 Å². The molecule has 19 atom stereocenters. The molecule has 21 heteroatoms. The molecule has 5 heterocycles. The van der Waals surface area contributed by atoms with E-state index < -0.39 is 126 Å². The van der Waals surface area contributed by atoms with Gasteiger partial charge in [-0.15, -0.1) is 0 Å². The number of aromatic nitrogens is 2. The second-order valence-corrected chi connectivity index (χ2v) is 21.5. The molecule has 0 amide bonds. The zero-order chi connectivity index (χ0) is 53.7. The standard InChI is InChI=1S/C52H77N3O17S/c1-15-37-52(11)43(70-49(59)72-52)30(4)39(68-47(73)55-22-21-53-27-55)28(2)24-50(9,60)42(69-46-41(65-34(8)56)36(54(12)13)23-29(3)63-46)31(5)40(32(6)45(57)66-37)67-38-25-51(10,61-14)44(33(7)64-38)71-48(58)62-26-35-19-17-16-18-20-35/h16-22,27-33,36-44,46,60H,15,23-26H2,1-14H3/t28-,29-,30+,31+,32-,33-,36+,37-,38+,39+,40+,41-,42-,43-,44-,46+,50+,51+,52-/m1/s1. The summed E-state index contributed by atoms with van der Waals surface area (Å²) in [6.45, 7) is 18.8. The van der Waals surface area contributed by atoms with Crippen LogP contribution < -0.4 is 0 Å². The summed E-state index contributed by atoms with van der Waals surface area (Å²) < 4.78 is 76.9. The molecular weight excluding hydrogens is 971 g/mol. The largest absolute Gasteiger partial charge is 0.509 e. The molecule has 1 aromatic heterocycles. The third-order valence-electron chi connectivity index (χ3n) is 15.1. The Hall–Kier alpha value is -4.48. The summed E-state index contributed by atoms with van der Waals surface area (Å²) in [5.41, 5.74) is -3.81. The quantitative estimate of drug-likeness (QED) is 0.132. The Labute approximate surface area is 434 Å². The summed E-state index contributed by atoms with van der Waals surface area (Å²) in [7, 11) is 5.22. The minimum Gasteiger partial charge on any atom is -0.466 e. The summed E-state index contributed by atoms with van der Waals surface area (Å²) >= 11 is 5.79. The van der Waals surface area contributed by atoms with Gasteiger partial charge in [0.15, 0.2) is 36.5 Å². The average Bonchev–Trinajstić information content (AvgIpc) is 3.99. The van der Waals surface area contributed by atoms with Gasteiger partial charge in [-0.05, 0) is 98.6 Å². The van der Waals surface area contributed by atoms with E-state index in [1.54, 1.807) is 60.9 Å². The Balaban J connectivity index is 1.43. The first-order valence-electron chi connectivity index (χ1n) is 25.2. The minimum absolute atomic E-state index is 0.00490. The summed E-state index contributed by atoms with van der Waals surface area (Å²) in [4.78, 5) is 60.2. The van der Waals surface area contributed by atoms with Gasteiger partial charge in [0.25, 0.3) is 5.17 Å². The molecule has 1 N–H and O–H groups in total. The van der Waals surface area contributed by atoms with Crippen LogP contribution in [0.1, 0.15) is 107 Å². The van der Waals surface area contributed by atoms with Crippen molar-refractivity contribution in [2.45, 2.75) is 199 Å². The summed E-state index contributed by atoms with van der Waals surface area (Å²) in [5.74, 6) is -4.65. The van der Waals surface area contributed by atoms with Gasteiger partial charge < -0.3 is 66.8 Å². The van der Waals surface area contributed by atoms with E-state index in [1.165, 1.54) is 24.9 Å². The van der Waals surface area contributed by atoms with Gasteiger partial charge in [-0.3, -0.25) is 14.2 Å². The number of hydrogen-bond acceptors (Lipinski definition) is 20. The molecule has 4 aliphatic rings. The van der Waals surface area contributed by atoms with E-state index in [4.69, 9.17) is 69.1 Å². The molecule has 4 fully saturated rings. The topological polar surface area (TPSA) is 220 Å². The Morgan fingerprint density at radius 1 is 0.904 bits per heavy atom. The van der Waals surface area contributed by atoms with Gasteiger partial charge >= 0.3 is 24.2 Å². The van der Waals surface area contributed by atoms with E-state index in [0.717, 1.165) is 5.56 Å². The Morgan fingerprint density at radius 2 is 1.60 bits per heavy atom. The lowest BCUT2D eigenvalue weighted by Gasteiger charge is -2.50. The number of ether oxygens (including phenoxy) is 12. The van der Waals surface area contributed by atoms with Gasteiger partial charge in [-0.1, -0.05) is 58.0 Å². The van der Waals surface area contributed by atoms with Crippen molar-refractivity contribution in [1.29, 1.82) is 0 Å². The highest BCUT2D eigenvalue weighted by Crippen LogP contribution is 2.45. The Bertz CT molecular complexity index is 2180. The number of nitrogens with zero attached hydrogens (tertiary/aromatic N) is 3. The molecule has 1 aromatic carbocycles. The zero-order valence-electron chi connectivity index (χ0n) is 44.6. The molecule has 2 aromatic rings. The Morgan fingerprint density at radius 3 is 2.22 bits per heavy atom. The third-order valence-corrected chi connectivity index (χ3v) is 15.4. The molecule has 73 heavy (non-hydrogen) atoms. The maximum absolute atomic E-state index is 15.0. The number of carbonyl (C=O) groups excluding carboxylic acids is 4. The first-order chi connectivity index (χ1) is 34.3. The van der Waals surface area contributed by atoms with E-state index >= 15 is 0 Å². The van der Waals surface area contributed by atoms with Crippen LogP contribution in [0.5, 0.6) is 0 Å². The molecule has 408 valence electrons. The molecule has 20 nitrogen and oxygen atoms in total. The second kappa shape index (κ2) is 24.0. The van der Waals surface area contributed by atoms with Crippen molar-refractivity contribution in [3.8, 4) is 0 Å².